The number of thiophene rings is 1. The van der Waals surface area contributed by atoms with Crippen LogP contribution in [0.3, 0.4) is 0 Å². The smallest absolute Gasteiger partial charge is 0.339 e. The SMILES string of the molecule is CCc1cc(Br)cc2c(C(=O)OCC(=O)c3cccs3)cc(-c3ccc(N4C(=O)C5CCC(C)CC5C4=O)cc3)nc12. The predicted octanol–water partition coefficient (Wildman–Crippen LogP) is 7.25. The molecule has 3 unspecified atom stereocenters. The largest absolute Gasteiger partial charge is 0.454 e. The molecule has 1 saturated carbocycles. The van der Waals surface area contributed by atoms with Crippen LogP contribution in [-0.4, -0.2) is 35.2 Å². The van der Waals surface area contributed by atoms with Crippen LogP contribution in [0.2, 0.25) is 0 Å². The molecule has 3 heterocycles. The number of hydrogen-bond donors (Lipinski definition) is 0. The predicted molar refractivity (Wildman–Crippen MR) is 166 cm³/mol. The molecule has 2 aromatic heterocycles. The topological polar surface area (TPSA) is 93.6 Å². The van der Waals surface area contributed by atoms with Gasteiger partial charge in [-0.25, -0.2) is 9.78 Å². The van der Waals surface area contributed by atoms with Crippen molar-refractivity contribution in [1.29, 1.82) is 0 Å². The minimum Gasteiger partial charge on any atom is -0.454 e. The molecule has 9 heteroatoms. The quantitative estimate of drug-likeness (QED) is 0.119. The molecule has 4 aromatic rings. The third kappa shape index (κ3) is 5.20. The average Bonchev–Trinajstić information content (AvgIpc) is 3.62. The first-order valence-electron chi connectivity index (χ1n) is 14.1. The number of pyridine rings is 1. The number of anilines is 1. The Balaban J connectivity index is 1.33. The van der Waals surface area contributed by atoms with E-state index in [-0.39, 0.29) is 36.0 Å². The van der Waals surface area contributed by atoms with Gasteiger partial charge in [0, 0.05) is 15.4 Å². The minimum absolute atomic E-state index is 0.117. The maximum atomic E-state index is 13.4. The van der Waals surface area contributed by atoms with E-state index in [1.807, 2.05) is 31.2 Å². The highest BCUT2D eigenvalue weighted by Crippen LogP contribution is 2.42. The summed E-state index contributed by atoms with van der Waals surface area (Å²) < 4.78 is 6.29. The molecule has 42 heavy (non-hydrogen) atoms. The van der Waals surface area contributed by atoms with Crippen LogP contribution in [0.4, 0.5) is 5.69 Å². The molecule has 2 fully saturated rings. The Morgan fingerprint density at radius 1 is 1.05 bits per heavy atom. The summed E-state index contributed by atoms with van der Waals surface area (Å²) in [4.78, 5) is 59.1. The zero-order chi connectivity index (χ0) is 29.5. The van der Waals surface area contributed by atoms with Crippen molar-refractivity contribution in [3.05, 3.63) is 80.5 Å². The summed E-state index contributed by atoms with van der Waals surface area (Å²) in [7, 11) is 0. The van der Waals surface area contributed by atoms with E-state index in [0.717, 1.165) is 34.9 Å². The van der Waals surface area contributed by atoms with Crippen molar-refractivity contribution >= 4 is 67.4 Å². The highest BCUT2D eigenvalue weighted by Gasteiger charge is 2.49. The summed E-state index contributed by atoms with van der Waals surface area (Å²) in [5.74, 6) is -1.15. The first-order valence-corrected chi connectivity index (χ1v) is 15.8. The van der Waals surface area contributed by atoms with Crippen LogP contribution in [-0.2, 0) is 20.7 Å². The van der Waals surface area contributed by atoms with Gasteiger partial charge >= 0.3 is 5.97 Å². The van der Waals surface area contributed by atoms with Crippen molar-refractivity contribution in [2.45, 2.75) is 39.5 Å². The standard InChI is InChI=1S/C33H29BrN2O5S/c1-3-19-14-21(34)15-24-26(33(40)41-17-28(37)29-5-4-12-42-29)16-27(35-30(19)24)20-7-9-22(10-8-20)36-31(38)23-11-6-18(2)13-25(23)32(36)39/h4-5,7-10,12,14-16,18,23,25H,3,6,11,13,17H2,1-2H3. The number of amides is 2. The van der Waals surface area contributed by atoms with Gasteiger partial charge in [-0.1, -0.05) is 48.0 Å². The lowest BCUT2D eigenvalue weighted by molar-refractivity contribution is -0.122. The lowest BCUT2D eigenvalue weighted by Gasteiger charge is -2.25. The summed E-state index contributed by atoms with van der Waals surface area (Å²) >= 11 is 4.84. The number of benzene rings is 2. The van der Waals surface area contributed by atoms with Crippen LogP contribution in [0, 0.1) is 17.8 Å². The zero-order valence-electron chi connectivity index (χ0n) is 23.3. The fourth-order valence-corrected chi connectivity index (χ4v) is 7.25. The maximum absolute atomic E-state index is 13.4. The molecule has 6 rings (SSSR count). The van der Waals surface area contributed by atoms with Gasteiger partial charge in [0.15, 0.2) is 6.61 Å². The van der Waals surface area contributed by atoms with E-state index in [2.05, 4.69) is 22.9 Å². The third-order valence-electron chi connectivity index (χ3n) is 8.30. The maximum Gasteiger partial charge on any atom is 0.339 e. The van der Waals surface area contributed by atoms with Crippen LogP contribution >= 0.6 is 27.3 Å². The lowest BCUT2D eigenvalue weighted by Crippen LogP contribution is -2.30. The number of carbonyl (C=O) groups excluding carboxylic acids is 4. The van der Waals surface area contributed by atoms with E-state index in [1.165, 1.54) is 16.2 Å². The van der Waals surface area contributed by atoms with Gasteiger partial charge in [0.25, 0.3) is 0 Å². The number of fused-ring (bicyclic) bond motifs is 2. The Morgan fingerprint density at radius 2 is 1.81 bits per heavy atom. The molecule has 0 bridgehead atoms. The summed E-state index contributed by atoms with van der Waals surface area (Å²) in [5.41, 5.74) is 3.73. The van der Waals surface area contributed by atoms with Crippen molar-refractivity contribution in [3.8, 4) is 11.3 Å². The van der Waals surface area contributed by atoms with Gasteiger partial charge in [0.2, 0.25) is 17.6 Å². The summed E-state index contributed by atoms with van der Waals surface area (Å²) in [6, 6.07) is 16.1. The van der Waals surface area contributed by atoms with E-state index in [9.17, 15) is 19.2 Å². The number of Topliss-reactive ketones (excluding diaryl/α,β-unsaturated/α-hetero) is 1. The fraction of sp³-hybridized carbons (Fsp3) is 0.303. The van der Waals surface area contributed by atoms with Gasteiger partial charge < -0.3 is 4.74 Å². The highest BCUT2D eigenvalue weighted by atomic mass is 79.9. The molecule has 1 saturated heterocycles. The van der Waals surface area contributed by atoms with Crippen LogP contribution in [0.1, 0.15) is 58.7 Å². The molecule has 7 nitrogen and oxygen atoms in total. The highest BCUT2D eigenvalue weighted by molar-refractivity contribution is 9.10. The van der Waals surface area contributed by atoms with Crippen LogP contribution in [0.5, 0.6) is 0 Å². The number of esters is 1. The number of rotatable bonds is 7. The Kier molecular flexibility index (Phi) is 7.81. The second-order valence-corrected chi connectivity index (χ2v) is 12.9. The molecular weight excluding hydrogens is 616 g/mol. The number of imide groups is 1. The van der Waals surface area contributed by atoms with Crippen LogP contribution in [0.25, 0.3) is 22.2 Å². The summed E-state index contributed by atoms with van der Waals surface area (Å²) in [6.45, 7) is 3.79. The average molecular weight is 646 g/mol. The van der Waals surface area contributed by atoms with Gasteiger partial charge in [0.05, 0.1) is 39.2 Å². The van der Waals surface area contributed by atoms with Crippen molar-refractivity contribution in [1.82, 2.24) is 4.98 Å². The summed E-state index contributed by atoms with van der Waals surface area (Å²) in [6.07, 6.45) is 3.15. The van der Waals surface area contributed by atoms with Crippen molar-refractivity contribution in [3.63, 3.8) is 0 Å². The number of carbonyl (C=O) groups is 4. The Labute approximate surface area is 256 Å². The first kappa shape index (κ1) is 28.4. The number of aryl methyl sites for hydroxylation is 1. The Morgan fingerprint density at radius 3 is 2.52 bits per heavy atom. The zero-order valence-corrected chi connectivity index (χ0v) is 25.7. The third-order valence-corrected chi connectivity index (χ3v) is 9.67. The second-order valence-electron chi connectivity index (χ2n) is 11.0. The molecule has 0 N–H and O–H groups in total. The molecule has 2 aromatic carbocycles. The van der Waals surface area contributed by atoms with Gasteiger partial charge in [0.1, 0.15) is 0 Å². The number of aromatic nitrogens is 1. The monoisotopic (exact) mass is 644 g/mol. The lowest BCUT2D eigenvalue weighted by atomic mass is 9.76. The molecule has 2 amide bonds. The van der Waals surface area contributed by atoms with Crippen molar-refractivity contribution in [2.24, 2.45) is 17.8 Å². The van der Waals surface area contributed by atoms with E-state index in [0.29, 0.717) is 45.1 Å². The van der Waals surface area contributed by atoms with E-state index in [1.54, 1.807) is 35.7 Å². The number of ether oxygens (including phenoxy) is 1. The number of hydrogen-bond acceptors (Lipinski definition) is 7. The van der Waals surface area contributed by atoms with Gasteiger partial charge in [-0.2, -0.15) is 0 Å². The first-order chi connectivity index (χ1) is 20.2. The van der Waals surface area contributed by atoms with Crippen molar-refractivity contribution in [2.75, 3.05) is 11.5 Å². The molecule has 214 valence electrons. The van der Waals surface area contributed by atoms with Crippen LogP contribution < -0.4 is 4.90 Å². The molecule has 0 radical (unpaired) electrons. The van der Waals surface area contributed by atoms with Crippen molar-refractivity contribution < 1.29 is 23.9 Å². The Bertz CT molecular complexity index is 1720. The molecule has 2 aliphatic rings. The van der Waals surface area contributed by atoms with Gasteiger partial charge in [-0.15, -0.1) is 11.3 Å². The molecular formula is C33H29BrN2O5S. The van der Waals surface area contributed by atoms with Gasteiger partial charge in [-0.3, -0.25) is 19.3 Å². The van der Waals surface area contributed by atoms with E-state index in [4.69, 9.17) is 9.72 Å². The number of ketones is 1. The molecule has 1 aliphatic heterocycles. The van der Waals surface area contributed by atoms with E-state index < -0.39 is 5.97 Å². The summed E-state index contributed by atoms with van der Waals surface area (Å²) in [5, 5.41) is 2.43. The molecule has 1 aliphatic carbocycles. The van der Waals surface area contributed by atoms with Crippen LogP contribution in [0.15, 0.2) is 64.5 Å². The molecule has 0 spiro atoms. The molecule has 3 atom stereocenters. The number of nitrogens with zero attached hydrogens (tertiary/aromatic N) is 2. The Hall–Kier alpha value is -3.69. The minimum atomic E-state index is -0.615. The normalized spacial score (nSPS) is 20.2. The second kappa shape index (κ2) is 11.5. The number of halogens is 1. The fourth-order valence-electron chi connectivity index (χ4n) is 6.09. The van der Waals surface area contributed by atoms with E-state index >= 15 is 0 Å². The van der Waals surface area contributed by atoms with Gasteiger partial charge in [-0.05, 0) is 78.9 Å².